The van der Waals surface area contributed by atoms with Gasteiger partial charge in [-0.05, 0) is 68.9 Å². The van der Waals surface area contributed by atoms with Gasteiger partial charge in [-0.2, -0.15) is 0 Å². The first-order valence-corrected chi connectivity index (χ1v) is 5.94. The Balaban J connectivity index is 2.60. The van der Waals surface area contributed by atoms with Crippen molar-refractivity contribution in [3.05, 3.63) is 57.2 Å². The van der Waals surface area contributed by atoms with Crippen LogP contribution >= 0.6 is 0 Å². The number of rotatable bonds is 0. The molecule has 0 heterocycles. The molecular weight excluding hydrogens is 192 g/mol. The zero-order valence-corrected chi connectivity index (χ0v) is 10.9. The summed E-state index contributed by atoms with van der Waals surface area (Å²) >= 11 is 0. The highest BCUT2D eigenvalue weighted by atomic mass is 14.3. The highest BCUT2D eigenvalue weighted by Crippen LogP contribution is 2.40. The molecule has 2 rings (SSSR count). The second-order valence-electron chi connectivity index (χ2n) is 5.23. The first-order valence-electron chi connectivity index (χ1n) is 5.94. The largest absolute Gasteiger partial charge is 0.0729 e. The van der Waals surface area contributed by atoms with Crippen molar-refractivity contribution in [1.82, 2.24) is 0 Å². The average molecular weight is 212 g/mol. The molecule has 0 unspecified atom stereocenters. The Bertz CT molecular complexity index is 480. The first-order chi connectivity index (χ1) is 7.49. The van der Waals surface area contributed by atoms with E-state index in [1.807, 2.05) is 0 Å². The highest BCUT2D eigenvalue weighted by Gasteiger charge is 2.21. The molecular formula is C16H20. The third-order valence-corrected chi connectivity index (χ3v) is 3.33. The summed E-state index contributed by atoms with van der Waals surface area (Å²) in [7, 11) is 0. The van der Waals surface area contributed by atoms with Gasteiger partial charge in [0.1, 0.15) is 0 Å². The van der Waals surface area contributed by atoms with Crippen molar-refractivity contribution in [1.29, 1.82) is 0 Å². The standard InChI is InChI=1S/C16H20/c1-10(2)13-8-14-6-12(5)7-16(14)15(9-13)11(3)4/h6-8H,9H2,1-5H3. The monoisotopic (exact) mass is 212 g/mol. The van der Waals surface area contributed by atoms with E-state index in [0.717, 1.165) is 6.42 Å². The van der Waals surface area contributed by atoms with Crippen molar-refractivity contribution >= 4 is 0 Å². The molecule has 0 saturated carbocycles. The molecule has 84 valence electrons. The Hall–Kier alpha value is -1.30. The number of fused-ring (bicyclic) bond motifs is 1. The van der Waals surface area contributed by atoms with Crippen LogP contribution in [0.5, 0.6) is 0 Å². The van der Waals surface area contributed by atoms with Crippen molar-refractivity contribution in [2.45, 2.75) is 41.0 Å². The van der Waals surface area contributed by atoms with Crippen LogP contribution in [0.1, 0.15) is 41.0 Å². The summed E-state index contributed by atoms with van der Waals surface area (Å²) < 4.78 is 0. The van der Waals surface area contributed by atoms with Crippen molar-refractivity contribution < 1.29 is 0 Å². The molecule has 0 aromatic carbocycles. The predicted molar refractivity (Wildman–Crippen MR) is 71.3 cm³/mol. The van der Waals surface area contributed by atoms with Gasteiger partial charge >= 0.3 is 0 Å². The second-order valence-corrected chi connectivity index (χ2v) is 5.23. The number of hydrogen-bond donors (Lipinski definition) is 0. The van der Waals surface area contributed by atoms with Gasteiger partial charge in [0.05, 0.1) is 0 Å². The van der Waals surface area contributed by atoms with Gasteiger partial charge in [-0.25, -0.2) is 0 Å². The van der Waals surface area contributed by atoms with Gasteiger partial charge in [0.15, 0.2) is 0 Å². The molecule has 0 spiro atoms. The second kappa shape index (κ2) is 3.93. The third-order valence-electron chi connectivity index (χ3n) is 3.33. The fourth-order valence-electron chi connectivity index (χ4n) is 2.35. The quantitative estimate of drug-likeness (QED) is 0.537. The van der Waals surface area contributed by atoms with Crippen LogP contribution in [0.2, 0.25) is 0 Å². The van der Waals surface area contributed by atoms with Crippen LogP contribution in [-0.4, -0.2) is 0 Å². The van der Waals surface area contributed by atoms with Crippen molar-refractivity contribution in [2.24, 2.45) is 0 Å². The zero-order chi connectivity index (χ0) is 11.9. The van der Waals surface area contributed by atoms with Crippen LogP contribution < -0.4 is 0 Å². The molecule has 0 N–H and O–H groups in total. The molecule has 0 nitrogen and oxygen atoms in total. The summed E-state index contributed by atoms with van der Waals surface area (Å²) in [6, 6.07) is 0. The summed E-state index contributed by atoms with van der Waals surface area (Å²) in [4.78, 5) is 0. The molecule has 0 aliphatic heterocycles. The molecule has 0 heteroatoms. The lowest BCUT2D eigenvalue weighted by Crippen LogP contribution is -2.02. The lowest BCUT2D eigenvalue weighted by Gasteiger charge is -2.21. The van der Waals surface area contributed by atoms with E-state index in [-0.39, 0.29) is 0 Å². The van der Waals surface area contributed by atoms with Gasteiger partial charge in [0, 0.05) is 0 Å². The van der Waals surface area contributed by atoms with Crippen LogP contribution in [0.25, 0.3) is 0 Å². The topological polar surface area (TPSA) is 0 Å². The first kappa shape index (κ1) is 11.2. The zero-order valence-electron chi connectivity index (χ0n) is 10.9. The molecule has 0 aromatic rings. The van der Waals surface area contributed by atoms with Crippen molar-refractivity contribution in [2.75, 3.05) is 0 Å². The Labute approximate surface area is 98.8 Å². The molecule has 16 heavy (non-hydrogen) atoms. The van der Waals surface area contributed by atoms with Gasteiger partial charge < -0.3 is 0 Å². The Kier molecular flexibility index (Phi) is 2.75. The summed E-state index contributed by atoms with van der Waals surface area (Å²) in [5.74, 6) is 0. The maximum Gasteiger partial charge on any atom is -0.00207 e. The molecule has 0 aromatic heterocycles. The molecule has 0 saturated heterocycles. The maximum absolute atomic E-state index is 2.35. The molecule has 0 fully saturated rings. The van der Waals surface area contributed by atoms with Gasteiger partial charge in [-0.1, -0.05) is 29.4 Å². The fraction of sp³-hybridized carbons (Fsp3) is 0.375. The summed E-state index contributed by atoms with van der Waals surface area (Å²) in [5, 5.41) is 0. The molecule has 0 atom stereocenters. The fourth-order valence-corrected chi connectivity index (χ4v) is 2.35. The van der Waals surface area contributed by atoms with Crippen LogP contribution in [0, 0.1) is 0 Å². The van der Waals surface area contributed by atoms with Gasteiger partial charge in [-0.15, -0.1) is 0 Å². The molecule has 2 aliphatic carbocycles. The minimum Gasteiger partial charge on any atom is -0.0729 e. The van der Waals surface area contributed by atoms with Crippen molar-refractivity contribution in [3.8, 4) is 0 Å². The van der Waals surface area contributed by atoms with Crippen LogP contribution in [0.15, 0.2) is 57.2 Å². The smallest absolute Gasteiger partial charge is 0.00207 e. The highest BCUT2D eigenvalue weighted by molar-refractivity contribution is 5.67. The van der Waals surface area contributed by atoms with E-state index in [1.165, 1.54) is 39.0 Å². The van der Waals surface area contributed by atoms with E-state index in [0.29, 0.717) is 0 Å². The maximum atomic E-state index is 2.35. The minimum atomic E-state index is 1.10. The summed E-state index contributed by atoms with van der Waals surface area (Å²) in [6.07, 6.45) is 8.06. The van der Waals surface area contributed by atoms with E-state index in [1.54, 1.807) is 0 Å². The van der Waals surface area contributed by atoms with Crippen LogP contribution in [0.4, 0.5) is 0 Å². The normalized spacial score (nSPS) is 18.9. The molecule has 0 bridgehead atoms. The molecule has 2 aliphatic rings. The Morgan fingerprint density at radius 3 is 2.19 bits per heavy atom. The lowest BCUT2D eigenvalue weighted by molar-refractivity contribution is 1.05. The van der Waals surface area contributed by atoms with E-state index in [4.69, 9.17) is 0 Å². The Morgan fingerprint density at radius 2 is 1.62 bits per heavy atom. The summed E-state index contributed by atoms with van der Waals surface area (Å²) in [6.45, 7) is 11.0. The SMILES string of the molecule is CC1=CC2=CC(=C(C)C)CC(=C(C)C)C2=C1. The van der Waals surface area contributed by atoms with Crippen molar-refractivity contribution in [3.63, 3.8) is 0 Å². The number of hydrogen-bond acceptors (Lipinski definition) is 0. The van der Waals surface area contributed by atoms with Gasteiger partial charge in [0.2, 0.25) is 0 Å². The van der Waals surface area contributed by atoms with E-state index in [2.05, 4.69) is 52.8 Å². The van der Waals surface area contributed by atoms with E-state index in [9.17, 15) is 0 Å². The van der Waals surface area contributed by atoms with E-state index >= 15 is 0 Å². The summed E-state index contributed by atoms with van der Waals surface area (Å²) in [5.41, 5.74) is 10.1. The van der Waals surface area contributed by atoms with E-state index < -0.39 is 0 Å². The minimum absolute atomic E-state index is 1.10. The van der Waals surface area contributed by atoms with Crippen LogP contribution in [0.3, 0.4) is 0 Å². The molecule has 0 amide bonds. The predicted octanol–water partition coefficient (Wildman–Crippen LogP) is 4.88. The lowest BCUT2D eigenvalue weighted by atomic mass is 9.84. The Morgan fingerprint density at radius 1 is 0.938 bits per heavy atom. The third kappa shape index (κ3) is 1.84. The average Bonchev–Trinajstić information content (AvgIpc) is 2.55. The van der Waals surface area contributed by atoms with Gasteiger partial charge in [0.25, 0.3) is 0 Å². The van der Waals surface area contributed by atoms with Gasteiger partial charge in [-0.3, -0.25) is 0 Å². The van der Waals surface area contributed by atoms with Crippen LogP contribution in [-0.2, 0) is 0 Å². The molecule has 0 radical (unpaired) electrons. The number of allylic oxidation sites excluding steroid dienone is 10.